The molecule has 1 fully saturated rings. The van der Waals surface area contributed by atoms with Gasteiger partial charge in [-0.25, -0.2) is 0 Å². The van der Waals surface area contributed by atoms with E-state index >= 15 is 0 Å². The second-order valence-corrected chi connectivity index (χ2v) is 4.90. The molecule has 98 valence electrons. The lowest BCUT2D eigenvalue weighted by Crippen LogP contribution is -2.37. The molecule has 2 rings (SSSR count). The van der Waals surface area contributed by atoms with E-state index in [1.54, 1.807) is 6.07 Å². The highest BCUT2D eigenvalue weighted by molar-refractivity contribution is 6.31. The minimum atomic E-state index is 0.359. The Morgan fingerprint density at radius 3 is 2.78 bits per heavy atom. The van der Waals surface area contributed by atoms with E-state index in [1.807, 2.05) is 19.1 Å². The molecule has 1 aliphatic rings. The summed E-state index contributed by atoms with van der Waals surface area (Å²) >= 11 is 5.90. The monoisotopic (exact) mass is 267 g/mol. The maximum absolute atomic E-state index is 11.1. The summed E-state index contributed by atoms with van der Waals surface area (Å²) in [6, 6.07) is 5.48. The number of anilines is 1. The van der Waals surface area contributed by atoms with Gasteiger partial charge in [0.2, 0.25) is 0 Å². The third-order valence-electron chi connectivity index (χ3n) is 3.30. The number of rotatable bonds is 4. The molecule has 0 saturated carbocycles. The Hall–Kier alpha value is -1.06. The Labute approximate surface area is 113 Å². The highest BCUT2D eigenvalue weighted by Gasteiger charge is 2.21. The molecule has 18 heavy (non-hydrogen) atoms. The van der Waals surface area contributed by atoms with E-state index in [4.69, 9.17) is 16.3 Å². The molecule has 1 aliphatic heterocycles. The first kappa shape index (κ1) is 13.4. The van der Waals surface area contributed by atoms with Crippen LogP contribution in [0.15, 0.2) is 18.2 Å². The lowest BCUT2D eigenvalue weighted by molar-refractivity contribution is 0.0459. The minimum Gasteiger partial charge on any atom is -0.378 e. The standard InChI is InChI=1S/C14H18ClNO2/c1-2-18-13-5-7-16(8-6-13)14-4-3-12(15)9-11(14)10-17/h3-4,9-10,13H,2,5-8H2,1H3. The van der Waals surface area contributed by atoms with Crippen molar-refractivity contribution in [2.75, 3.05) is 24.6 Å². The number of hydrogen-bond donors (Lipinski definition) is 0. The second-order valence-electron chi connectivity index (χ2n) is 4.46. The number of hydrogen-bond acceptors (Lipinski definition) is 3. The van der Waals surface area contributed by atoms with Crippen molar-refractivity contribution in [3.63, 3.8) is 0 Å². The van der Waals surface area contributed by atoms with Crippen LogP contribution >= 0.6 is 11.6 Å². The van der Waals surface area contributed by atoms with Gasteiger partial charge in [-0.2, -0.15) is 0 Å². The largest absolute Gasteiger partial charge is 0.378 e. The van der Waals surface area contributed by atoms with Crippen LogP contribution in [0.25, 0.3) is 0 Å². The van der Waals surface area contributed by atoms with Crippen LogP contribution in [-0.2, 0) is 4.74 Å². The van der Waals surface area contributed by atoms with Crippen LogP contribution in [0.5, 0.6) is 0 Å². The third-order valence-corrected chi connectivity index (χ3v) is 3.54. The predicted molar refractivity (Wildman–Crippen MR) is 73.7 cm³/mol. The SMILES string of the molecule is CCOC1CCN(c2ccc(Cl)cc2C=O)CC1. The first-order chi connectivity index (χ1) is 8.74. The maximum Gasteiger partial charge on any atom is 0.152 e. The van der Waals surface area contributed by atoms with E-state index in [1.165, 1.54) is 0 Å². The number of carbonyl (C=O) groups excluding carboxylic acids is 1. The molecule has 0 N–H and O–H groups in total. The van der Waals surface area contributed by atoms with Crippen LogP contribution in [0.1, 0.15) is 30.1 Å². The molecule has 0 spiro atoms. The molecule has 1 aromatic rings. The molecule has 1 aromatic carbocycles. The first-order valence-electron chi connectivity index (χ1n) is 6.36. The molecule has 0 radical (unpaired) electrons. The molecule has 1 saturated heterocycles. The highest BCUT2D eigenvalue weighted by Crippen LogP contribution is 2.26. The van der Waals surface area contributed by atoms with Gasteiger partial charge in [-0.05, 0) is 38.0 Å². The number of ether oxygens (including phenoxy) is 1. The van der Waals surface area contributed by atoms with Gasteiger partial charge in [0, 0.05) is 36.0 Å². The Morgan fingerprint density at radius 2 is 2.17 bits per heavy atom. The summed E-state index contributed by atoms with van der Waals surface area (Å²) in [7, 11) is 0. The van der Waals surface area contributed by atoms with E-state index < -0.39 is 0 Å². The van der Waals surface area contributed by atoms with Crippen LogP contribution in [0.2, 0.25) is 5.02 Å². The summed E-state index contributed by atoms with van der Waals surface area (Å²) in [6.07, 6.45) is 3.25. The van der Waals surface area contributed by atoms with Crippen molar-refractivity contribution in [3.8, 4) is 0 Å². The average Bonchev–Trinajstić information content (AvgIpc) is 2.40. The van der Waals surface area contributed by atoms with Gasteiger partial charge in [0.05, 0.1) is 6.10 Å². The number of halogens is 1. The van der Waals surface area contributed by atoms with E-state index in [2.05, 4.69) is 4.90 Å². The molecular weight excluding hydrogens is 250 g/mol. The van der Waals surface area contributed by atoms with Crippen molar-refractivity contribution in [3.05, 3.63) is 28.8 Å². The van der Waals surface area contributed by atoms with Gasteiger partial charge in [-0.15, -0.1) is 0 Å². The summed E-state index contributed by atoms with van der Waals surface area (Å²) < 4.78 is 5.63. The Bertz CT molecular complexity index is 414. The first-order valence-corrected chi connectivity index (χ1v) is 6.73. The van der Waals surface area contributed by atoms with Crippen molar-refractivity contribution >= 4 is 23.6 Å². The van der Waals surface area contributed by atoms with E-state index in [0.29, 0.717) is 16.7 Å². The molecule has 0 atom stereocenters. The molecule has 0 aliphatic carbocycles. The molecule has 4 heteroatoms. The zero-order valence-corrected chi connectivity index (χ0v) is 11.3. The van der Waals surface area contributed by atoms with Gasteiger partial charge in [-0.1, -0.05) is 11.6 Å². The van der Waals surface area contributed by atoms with Gasteiger partial charge in [0.1, 0.15) is 0 Å². The van der Waals surface area contributed by atoms with Gasteiger partial charge < -0.3 is 9.64 Å². The number of piperidine rings is 1. The zero-order chi connectivity index (χ0) is 13.0. The summed E-state index contributed by atoms with van der Waals surface area (Å²) in [5.74, 6) is 0. The van der Waals surface area contributed by atoms with Gasteiger partial charge in [-0.3, -0.25) is 4.79 Å². The summed E-state index contributed by atoms with van der Waals surface area (Å²) in [4.78, 5) is 13.3. The number of aldehydes is 1. The van der Waals surface area contributed by atoms with E-state index in [9.17, 15) is 4.79 Å². The normalized spacial score (nSPS) is 16.9. The smallest absolute Gasteiger partial charge is 0.152 e. The minimum absolute atomic E-state index is 0.359. The lowest BCUT2D eigenvalue weighted by atomic mass is 10.1. The van der Waals surface area contributed by atoms with Crippen LogP contribution in [0.4, 0.5) is 5.69 Å². The quantitative estimate of drug-likeness (QED) is 0.785. The molecule has 0 aromatic heterocycles. The summed E-state index contributed by atoms with van der Waals surface area (Å²) in [6.45, 7) is 4.64. The number of carbonyl (C=O) groups is 1. The number of benzene rings is 1. The van der Waals surface area contributed by atoms with E-state index in [-0.39, 0.29) is 0 Å². The van der Waals surface area contributed by atoms with Crippen LogP contribution < -0.4 is 4.90 Å². The van der Waals surface area contributed by atoms with Gasteiger partial charge in [0.25, 0.3) is 0 Å². The Balaban J connectivity index is 2.07. The summed E-state index contributed by atoms with van der Waals surface area (Å²) in [5, 5.41) is 0.602. The zero-order valence-electron chi connectivity index (χ0n) is 10.6. The maximum atomic E-state index is 11.1. The van der Waals surface area contributed by atoms with Crippen LogP contribution in [-0.4, -0.2) is 32.1 Å². The van der Waals surface area contributed by atoms with Crippen molar-refractivity contribution in [2.24, 2.45) is 0 Å². The van der Waals surface area contributed by atoms with Crippen LogP contribution in [0, 0.1) is 0 Å². The van der Waals surface area contributed by atoms with Crippen molar-refractivity contribution in [1.29, 1.82) is 0 Å². The fourth-order valence-electron chi connectivity index (χ4n) is 2.41. The molecular formula is C14H18ClNO2. The Morgan fingerprint density at radius 1 is 1.44 bits per heavy atom. The molecule has 0 unspecified atom stereocenters. The Kier molecular flexibility index (Phi) is 4.61. The van der Waals surface area contributed by atoms with Crippen molar-refractivity contribution in [1.82, 2.24) is 0 Å². The van der Waals surface area contributed by atoms with Crippen LogP contribution in [0.3, 0.4) is 0 Å². The molecule has 1 heterocycles. The average molecular weight is 268 g/mol. The van der Waals surface area contributed by atoms with Gasteiger partial charge in [0.15, 0.2) is 6.29 Å². The highest BCUT2D eigenvalue weighted by atomic mass is 35.5. The molecule has 0 bridgehead atoms. The molecule has 0 amide bonds. The second kappa shape index (κ2) is 6.21. The van der Waals surface area contributed by atoms with E-state index in [0.717, 1.165) is 44.5 Å². The van der Waals surface area contributed by atoms with Gasteiger partial charge >= 0.3 is 0 Å². The topological polar surface area (TPSA) is 29.5 Å². The van der Waals surface area contributed by atoms with Crippen molar-refractivity contribution < 1.29 is 9.53 Å². The fourth-order valence-corrected chi connectivity index (χ4v) is 2.59. The summed E-state index contributed by atoms with van der Waals surface area (Å²) in [5.41, 5.74) is 1.64. The fraction of sp³-hybridized carbons (Fsp3) is 0.500. The third kappa shape index (κ3) is 3.03. The predicted octanol–water partition coefficient (Wildman–Crippen LogP) is 3.16. The number of nitrogens with zero attached hydrogens (tertiary/aromatic N) is 1. The lowest BCUT2D eigenvalue weighted by Gasteiger charge is -2.34. The molecule has 3 nitrogen and oxygen atoms in total. The van der Waals surface area contributed by atoms with Crippen molar-refractivity contribution in [2.45, 2.75) is 25.9 Å².